The number of methoxy groups -OCH3 is 1. The van der Waals surface area contributed by atoms with E-state index in [1.54, 1.807) is 12.1 Å². The van der Waals surface area contributed by atoms with E-state index in [2.05, 4.69) is 20.7 Å². The van der Waals surface area contributed by atoms with Crippen LogP contribution in [0.3, 0.4) is 0 Å². The topological polar surface area (TPSA) is 81.4 Å². The molecule has 22 heavy (non-hydrogen) atoms. The molecule has 0 saturated heterocycles. The summed E-state index contributed by atoms with van der Waals surface area (Å²) in [4.78, 5) is 0.108. The molecule has 1 aromatic rings. The second-order valence-electron chi connectivity index (χ2n) is 5.15. The van der Waals surface area contributed by atoms with Crippen molar-refractivity contribution in [1.29, 1.82) is 0 Å². The summed E-state index contributed by atoms with van der Waals surface area (Å²) in [6, 6.07) is 3.24. The highest BCUT2D eigenvalue weighted by Crippen LogP contribution is 2.30. The predicted octanol–water partition coefficient (Wildman–Crippen LogP) is 2.98. The maximum atomic E-state index is 12.5. The Morgan fingerprint density at radius 1 is 1.32 bits per heavy atom. The molecule has 0 atom stereocenters. The highest BCUT2D eigenvalue weighted by atomic mass is 79.9. The summed E-state index contributed by atoms with van der Waals surface area (Å²) in [5, 5.41) is 0. The van der Waals surface area contributed by atoms with E-state index in [0.717, 1.165) is 5.56 Å². The average Bonchev–Trinajstić information content (AvgIpc) is 2.47. The molecular formula is C14H24BrClN2O3S. The third-order valence-electron chi connectivity index (χ3n) is 3.76. The van der Waals surface area contributed by atoms with Crippen LogP contribution in [0.5, 0.6) is 5.75 Å². The summed E-state index contributed by atoms with van der Waals surface area (Å²) >= 11 is 3.35. The minimum absolute atomic E-state index is 0. The van der Waals surface area contributed by atoms with E-state index in [1.165, 1.54) is 7.11 Å². The standard InChI is InChI=1S/C14H23BrN2O3S.ClH/c1-5-14(16,6-2)9-17-21(18,19)13-8-11(15)10(3)7-12(13)20-4;/h7-8,17H,5-6,9,16H2,1-4H3;1H. The number of nitrogens with two attached hydrogens (primary N) is 1. The molecular weight excluding hydrogens is 392 g/mol. The molecule has 0 saturated carbocycles. The molecule has 0 radical (unpaired) electrons. The molecule has 0 spiro atoms. The third kappa shape index (κ3) is 5.09. The fourth-order valence-corrected chi connectivity index (χ4v) is 3.63. The van der Waals surface area contributed by atoms with Crippen molar-refractivity contribution in [3.05, 3.63) is 22.2 Å². The van der Waals surface area contributed by atoms with Gasteiger partial charge in [-0.1, -0.05) is 29.8 Å². The first-order valence-corrected chi connectivity index (χ1v) is 9.09. The summed E-state index contributed by atoms with van der Waals surface area (Å²) in [6.07, 6.45) is 1.39. The van der Waals surface area contributed by atoms with Crippen LogP contribution in [0.25, 0.3) is 0 Å². The summed E-state index contributed by atoms with van der Waals surface area (Å²) in [5.74, 6) is 0.318. The van der Waals surface area contributed by atoms with Crippen molar-refractivity contribution >= 4 is 38.4 Å². The van der Waals surface area contributed by atoms with Gasteiger partial charge in [-0.15, -0.1) is 12.4 Å². The van der Waals surface area contributed by atoms with E-state index in [-0.39, 0.29) is 23.8 Å². The Morgan fingerprint density at radius 3 is 2.32 bits per heavy atom. The summed E-state index contributed by atoms with van der Waals surface area (Å²) < 4.78 is 33.5. The van der Waals surface area contributed by atoms with Crippen LogP contribution in [0, 0.1) is 6.92 Å². The Bertz CT molecular complexity index is 604. The van der Waals surface area contributed by atoms with Crippen molar-refractivity contribution in [1.82, 2.24) is 4.72 Å². The average molecular weight is 416 g/mol. The van der Waals surface area contributed by atoms with E-state index in [9.17, 15) is 8.42 Å². The lowest BCUT2D eigenvalue weighted by atomic mass is 9.95. The molecule has 0 aliphatic heterocycles. The van der Waals surface area contributed by atoms with E-state index in [0.29, 0.717) is 23.1 Å². The maximum Gasteiger partial charge on any atom is 0.244 e. The van der Waals surface area contributed by atoms with Crippen molar-refractivity contribution in [2.75, 3.05) is 13.7 Å². The van der Waals surface area contributed by atoms with Gasteiger partial charge in [-0.3, -0.25) is 0 Å². The quantitative estimate of drug-likeness (QED) is 0.717. The smallest absolute Gasteiger partial charge is 0.244 e. The third-order valence-corrected chi connectivity index (χ3v) is 6.03. The lowest BCUT2D eigenvalue weighted by Crippen LogP contribution is -2.49. The van der Waals surface area contributed by atoms with Crippen LogP contribution in [0.2, 0.25) is 0 Å². The zero-order valence-corrected chi connectivity index (χ0v) is 16.5. The molecule has 0 bridgehead atoms. The van der Waals surface area contributed by atoms with Crippen LogP contribution < -0.4 is 15.2 Å². The van der Waals surface area contributed by atoms with Gasteiger partial charge in [-0.25, -0.2) is 13.1 Å². The molecule has 8 heteroatoms. The van der Waals surface area contributed by atoms with Gasteiger partial charge in [-0.2, -0.15) is 0 Å². The van der Waals surface area contributed by atoms with Gasteiger partial charge in [0.1, 0.15) is 10.6 Å². The van der Waals surface area contributed by atoms with Crippen LogP contribution in [0.4, 0.5) is 0 Å². The van der Waals surface area contributed by atoms with Gasteiger partial charge in [0.25, 0.3) is 0 Å². The SMILES string of the molecule is CCC(N)(CC)CNS(=O)(=O)c1cc(Br)c(C)cc1OC.Cl. The summed E-state index contributed by atoms with van der Waals surface area (Å²) in [6.45, 7) is 5.95. The molecule has 0 aromatic heterocycles. The Labute approximate surface area is 147 Å². The molecule has 128 valence electrons. The van der Waals surface area contributed by atoms with Crippen LogP contribution >= 0.6 is 28.3 Å². The molecule has 1 rings (SSSR count). The number of rotatable bonds is 7. The first-order valence-electron chi connectivity index (χ1n) is 6.81. The highest BCUT2D eigenvalue weighted by Gasteiger charge is 2.26. The van der Waals surface area contributed by atoms with Crippen molar-refractivity contribution < 1.29 is 13.2 Å². The lowest BCUT2D eigenvalue weighted by molar-refractivity contribution is 0.388. The number of halogens is 2. The zero-order chi connectivity index (χ0) is 16.3. The second kappa shape index (κ2) is 8.49. The van der Waals surface area contributed by atoms with Gasteiger partial charge < -0.3 is 10.5 Å². The fourth-order valence-electron chi connectivity index (χ4n) is 1.82. The van der Waals surface area contributed by atoms with Gasteiger partial charge in [0.15, 0.2) is 0 Å². The largest absolute Gasteiger partial charge is 0.495 e. The van der Waals surface area contributed by atoms with Crippen LogP contribution in [0.1, 0.15) is 32.3 Å². The summed E-state index contributed by atoms with van der Waals surface area (Å²) in [5.41, 5.74) is 6.50. The van der Waals surface area contributed by atoms with Crippen molar-refractivity contribution in [2.24, 2.45) is 5.73 Å². The molecule has 1 aromatic carbocycles. The fraction of sp³-hybridized carbons (Fsp3) is 0.571. The van der Waals surface area contributed by atoms with Gasteiger partial charge >= 0.3 is 0 Å². The Hall–Kier alpha value is -0.340. The number of hydrogen-bond acceptors (Lipinski definition) is 4. The number of hydrogen-bond donors (Lipinski definition) is 2. The number of benzene rings is 1. The van der Waals surface area contributed by atoms with Crippen molar-refractivity contribution in [3.8, 4) is 5.75 Å². The first-order chi connectivity index (χ1) is 9.69. The van der Waals surface area contributed by atoms with Crippen LogP contribution in [-0.2, 0) is 10.0 Å². The lowest BCUT2D eigenvalue weighted by Gasteiger charge is -2.27. The Kier molecular flexibility index (Phi) is 8.36. The second-order valence-corrected chi connectivity index (χ2v) is 7.74. The number of aryl methyl sites for hydroxylation is 1. The van der Waals surface area contributed by atoms with Crippen LogP contribution in [0.15, 0.2) is 21.5 Å². The van der Waals surface area contributed by atoms with Gasteiger partial charge in [0.05, 0.1) is 7.11 Å². The van der Waals surface area contributed by atoms with Gasteiger partial charge in [0.2, 0.25) is 10.0 Å². The molecule has 0 heterocycles. The normalized spacial score (nSPS) is 11.9. The zero-order valence-electron chi connectivity index (χ0n) is 13.3. The molecule has 0 aliphatic rings. The first kappa shape index (κ1) is 21.7. The van der Waals surface area contributed by atoms with E-state index >= 15 is 0 Å². The van der Waals surface area contributed by atoms with E-state index in [1.807, 2.05) is 20.8 Å². The molecule has 0 fully saturated rings. The number of sulfonamides is 1. The molecule has 0 amide bonds. The highest BCUT2D eigenvalue weighted by molar-refractivity contribution is 9.10. The predicted molar refractivity (Wildman–Crippen MR) is 95.4 cm³/mol. The Morgan fingerprint density at radius 2 is 1.86 bits per heavy atom. The molecule has 5 nitrogen and oxygen atoms in total. The maximum absolute atomic E-state index is 12.5. The molecule has 0 unspecified atom stereocenters. The van der Waals surface area contributed by atoms with E-state index in [4.69, 9.17) is 10.5 Å². The van der Waals surface area contributed by atoms with Gasteiger partial charge in [0, 0.05) is 16.6 Å². The minimum atomic E-state index is -3.68. The van der Waals surface area contributed by atoms with Crippen molar-refractivity contribution in [3.63, 3.8) is 0 Å². The Balaban J connectivity index is 0.00000441. The molecule has 0 aliphatic carbocycles. The van der Waals surface area contributed by atoms with E-state index < -0.39 is 15.6 Å². The molecule has 3 N–H and O–H groups in total. The number of nitrogens with one attached hydrogen (secondary N) is 1. The van der Waals surface area contributed by atoms with Gasteiger partial charge in [-0.05, 0) is 37.5 Å². The minimum Gasteiger partial charge on any atom is -0.495 e. The van der Waals surface area contributed by atoms with Crippen LogP contribution in [-0.4, -0.2) is 27.6 Å². The summed E-state index contributed by atoms with van der Waals surface area (Å²) in [7, 11) is -2.23. The van der Waals surface area contributed by atoms with Crippen molar-refractivity contribution in [2.45, 2.75) is 44.0 Å². The number of ether oxygens (including phenoxy) is 1. The monoisotopic (exact) mass is 414 g/mol.